The molecule has 0 N–H and O–H groups in total. The normalized spacial score (nSPS) is 9.92. The topological polar surface area (TPSA) is 17.8 Å². The van der Waals surface area contributed by atoms with E-state index in [-0.39, 0.29) is 0 Å². The van der Waals surface area contributed by atoms with E-state index in [0.29, 0.717) is 6.54 Å². The third-order valence-electron chi connectivity index (χ3n) is 1.71. The highest BCUT2D eigenvalue weighted by Gasteiger charge is 1.96. The predicted molar refractivity (Wildman–Crippen MR) is 48.6 cm³/mol. The van der Waals surface area contributed by atoms with Gasteiger partial charge in [-0.2, -0.15) is 5.10 Å². The van der Waals surface area contributed by atoms with Gasteiger partial charge in [-0.1, -0.05) is 24.1 Å². The van der Waals surface area contributed by atoms with Gasteiger partial charge in [0.25, 0.3) is 0 Å². The second-order valence-electron chi connectivity index (χ2n) is 2.59. The first-order valence-electron chi connectivity index (χ1n) is 3.76. The van der Waals surface area contributed by atoms with Crippen LogP contribution in [0.2, 0.25) is 0 Å². The summed E-state index contributed by atoms with van der Waals surface area (Å²) in [5.41, 5.74) is 0.993. The minimum Gasteiger partial charge on any atom is -0.260 e. The maximum Gasteiger partial charge on any atom is 0.101 e. The molecule has 0 aliphatic heterocycles. The molecule has 0 bridgehead atoms. The van der Waals surface area contributed by atoms with Gasteiger partial charge in [0.15, 0.2) is 0 Å². The Balaban J connectivity index is 2.56. The van der Waals surface area contributed by atoms with Crippen molar-refractivity contribution >= 4 is 10.9 Å². The van der Waals surface area contributed by atoms with Crippen molar-refractivity contribution in [3.05, 3.63) is 30.5 Å². The van der Waals surface area contributed by atoms with E-state index in [4.69, 9.17) is 6.42 Å². The highest BCUT2D eigenvalue weighted by molar-refractivity contribution is 5.77. The Labute approximate surface area is 70.8 Å². The molecule has 58 valence electrons. The molecule has 0 spiro atoms. The average molecular weight is 156 g/mol. The molecule has 0 aliphatic rings. The molecule has 0 saturated heterocycles. The molecule has 2 rings (SSSR count). The van der Waals surface area contributed by atoms with Crippen LogP contribution in [0.1, 0.15) is 0 Å². The maximum atomic E-state index is 5.17. The fourth-order valence-electron chi connectivity index (χ4n) is 1.19. The van der Waals surface area contributed by atoms with E-state index in [2.05, 4.69) is 11.0 Å². The molecule has 0 atom stereocenters. The lowest BCUT2D eigenvalue weighted by Crippen LogP contribution is -1.94. The number of hydrogen-bond donors (Lipinski definition) is 0. The lowest BCUT2D eigenvalue weighted by Gasteiger charge is -1.88. The molecule has 12 heavy (non-hydrogen) atoms. The monoisotopic (exact) mass is 156 g/mol. The third kappa shape index (κ3) is 1.06. The highest BCUT2D eigenvalue weighted by atomic mass is 15.3. The van der Waals surface area contributed by atoms with Crippen LogP contribution in [0.4, 0.5) is 0 Å². The van der Waals surface area contributed by atoms with Gasteiger partial charge < -0.3 is 0 Å². The Kier molecular flexibility index (Phi) is 1.56. The maximum absolute atomic E-state index is 5.17. The summed E-state index contributed by atoms with van der Waals surface area (Å²) >= 11 is 0. The molecule has 2 aromatic rings. The average Bonchev–Trinajstić information content (AvgIpc) is 2.47. The van der Waals surface area contributed by atoms with Crippen molar-refractivity contribution in [2.45, 2.75) is 6.54 Å². The number of fused-ring (bicyclic) bond motifs is 1. The van der Waals surface area contributed by atoms with Crippen LogP contribution in [0.25, 0.3) is 10.9 Å². The van der Waals surface area contributed by atoms with Gasteiger partial charge in [-0.15, -0.1) is 6.42 Å². The predicted octanol–water partition coefficient (Wildman–Crippen LogP) is 1.67. The fraction of sp³-hybridized carbons (Fsp3) is 0.100. The van der Waals surface area contributed by atoms with Crippen LogP contribution in [-0.2, 0) is 6.54 Å². The zero-order valence-corrected chi connectivity index (χ0v) is 6.57. The molecule has 1 heterocycles. The smallest absolute Gasteiger partial charge is 0.101 e. The number of hydrogen-bond acceptors (Lipinski definition) is 1. The number of nitrogens with zero attached hydrogens (tertiary/aromatic N) is 2. The second kappa shape index (κ2) is 2.71. The van der Waals surface area contributed by atoms with Crippen molar-refractivity contribution in [1.29, 1.82) is 0 Å². The molecule has 2 heteroatoms. The van der Waals surface area contributed by atoms with Gasteiger partial charge in [0.2, 0.25) is 0 Å². The Morgan fingerprint density at radius 1 is 1.42 bits per heavy atom. The van der Waals surface area contributed by atoms with Crippen LogP contribution in [0, 0.1) is 12.3 Å². The van der Waals surface area contributed by atoms with E-state index >= 15 is 0 Å². The number of aromatic nitrogens is 2. The summed E-state index contributed by atoms with van der Waals surface area (Å²) < 4.78 is 1.77. The molecule has 0 fully saturated rings. The summed E-state index contributed by atoms with van der Waals surface area (Å²) in [6, 6.07) is 7.96. The summed E-state index contributed by atoms with van der Waals surface area (Å²) in [6.45, 7) is 0.536. The first-order valence-corrected chi connectivity index (χ1v) is 3.76. The Hall–Kier alpha value is -1.75. The quantitative estimate of drug-likeness (QED) is 0.574. The van der Waals surface area contributed by atoms with Crippen molar-refractivity contribution in [3.63, 3.8) is 0 Å². The van der Waals surface area contributed by atoms with Crippen molar-refractivity contribution in [1.82, 2.24) is 9.78 Å². The van der Waals surface area contributed by atoms with Crippen LogP contribution in [0.15, 0.2) is 30.5 Å². The fourth-order valence-corrected chi connectivity index (χ4v) is 1.19. The minimum atomic E-state index is 0.536. The molecule has 0 radical (unpaired) electrons. The van der Waals surface area contributed by atoms with Crippen molar-refractivity contribution in [2.24, 2.45) is 0 Å². The third-order valence-corrected chi connectivity index (χ3v) is 1.71. The van der Waals surface area contributed by atoms with E-state index in [1.807, 2.05) is 30.5 Å². The SMILES string of the molecule is C#CCn1cc2ccccc2n1. The van der Waals surface area contributed by atoms with Crippen molar-refractivity contribution < 1.29 is 0 Å². The lowest BCUT2D eigenvalue weighted by molar-refractivity contribution is 0.726. The first-order chi connectivity index (χ1) is 5.90. The van der Waals surface area contributed by atoms with Gasteiger partial charge in [0.1, 0.15) is 6.54 Å². The van der Waals surface area contributed by atoms with Crippen LogP contribution in [-0.4, -0.2) is 9.78 Å². The van der Waals surface area contributed by atoms with Crippen LogP contribution < -0.4 is 0 Å². The Morgan fingerprint density at radius 3 is 3.00 bits per heavy atom. The van der Waals surface area contributed by atoms with Crippen LogP contribution >= 0.6 is 0 Å². The number of rotatable bonds is 1. The molecule has 1 aromatic heterocycles. The number of terminal acetylenes is 1. The first kappa shape index (κ1) is 6.93. The van der Waals surface area contributed by atoms with E-state index in [1.165, 1.54) is 0 Å². The Bertz CT molecular complexity index is 401. The standard InChI is InChI=1S/C10H8N2/c1-2-7-12-8-9-5-3-4-6-10(9)11-12/h1,3-6,8H,7H2. The van der Waals surface area contributed by atoms with Gasteiger partial charge in [-0.3, -0.25) is 4.68 Å². The van der Waals surface area contributed by atoms with E-state index in [9.17, 15) is 0 Å². The summed E-state index contributed by atoms with van der Waals surface area (Å²) in [6.07, 6.45) is 7.13. The minimum absolute atomic E-state index is 0.536. The zero-order valence-electron chi connectivity index (χ0n) is 6.57. The van der Waals surface area contributed by atoms with Gasteiger partial charge in [-0.05, 0) is 6.07 Å². The second-order valence-corrected chi connectivity index (χ2v) is 2.59. The molecular formula is C10H8N2. The summed E-state index contributed by atoms with van der Waals surface area (Å²) in [5.74, 6) is 2.55. The highest BCUT2D eigenvalue weighted by Crippen LogP contribution is 2.10. The van der Waals surface area contributed by atoms with Crippen molar-refractivity contribution in [3.8, 4) is 12.3 Å². The molecule has 0 amide bonds. The summed E-state index contributed by atoms with van der Waals surface area (Å²) in [4.78, 5) is 0. The molecule has 0 saturated carbocycles. The number of benzene rings is 1. The van der Waals surface area contributed by atoms with E-state index in [1.54, 1.807) is 4.68 Å². The zero-order chi connectivity index (χ0) is 8.39. The van der Waals surface area contributed by atoms with Gasteiger partial charge >= 0.3 is 0 Å². The summed E-state index contributed by atoms with van der Waals surface area (Å²) in [5, 5.41) is 5.41. The molecular weight excluding hydrogens is 148 g/mol. The Morgan fingerprint density at radius 2 is 2.25 bits per heavy atom. The van der Waals surface area contributed by atoms with Gasteiger partial charge in [0.05, 0.1) is 5.52 Å². The van der Waals surface area contributed by atoms with E-state index in [0.717, 1.165) is 10.9 Å². The van der Waals surface area contributed by atoms with Crippen LogP contribution in [0.5, 0.6) is 0 Å². The van der Waals surface area contributed by atoms with Gasteiger partial charge in [0, 0.05) is 11.6 Å². The molecule has 2 nitrogen and oxygen atoms in total. The summed E-state index contributed by atoms with van der Waals surface area (Å²) in [7, 11) is 0. The molecule has 0 unspecified atom stereocenters. The van der Waals surface area contributed by atoms with Crippen LogP contribution in [0.3, 0.4) is 0 Å². The van der Waals surface area contributed by atoms with Gasteiger partial charge in [-0.25, -0.2) is 0 Å². The molecule has 0 aliphatic carbocycles. The lowest BCUT2D eigenvalue weighted by atomic mass is 10.3. The van der Waals surface area contributed by atoms with Crippen molar-refractivity contribution in [2.75, 3.05) is 0 Å². The largest absolute Gasteiger partial charge is 0.260 e. The molecule has 1 aromatic carbocycles. The van der Waals surface area contributed by atoms with E-state index < -0.39 is 0 Å².